The molecule has 0 bridgehead atoms. The van der Waals surface area contributed by atoms with Gasteiger partial charge in [-0.15, -0.1) is 0 Å². The monoisotopic (exact) mass is 241 g/mol. The number of nitrogens with two attached hydrogens (primary N) is 1. The van der Waals surface area contributed by atoms with Gasteiger partial charge in [-0.05, 0) is 23.8 Å². The summed E-state index contributed by atoms with van der Waals surface area (Å²) in [7, 11) is 0. The third-order valence-corrected chi connectivity index (χ3v) is 3.38. The lowest BCUT2D eigenvalue weighted by molar-refractivity contribution is 0.0847. The standard InChI is InChI=1S/C16H19NO/c1-11-4-5-13-9-14(7-6-12(13)8-11)15(18)16(2,3)10-17/h4-9H,10,17H2,1-3H3. The highest BCUT2D eigenvalue weighted by molar-refractivity contribution is 6.03. The Labute approximate surface area is 108 Å². The van der Waals surface area contributed by atoms with Gasteiger partial charge in [0.1, 0.15) is 0 Å². The number of carbonyl (C=O) groups is 1. The summed E-state index contributed by atoms with van der Waals surface area (Å²) in [5.41, 5.74) is 7.12. The molecule has 0 aromatic heterocycles. The molecule has 0 saturated heterocycles. The normalized spacial score (nSPS) is 11.8. The number of ketones is 1. The number of rotatable bonds is 3. The second-order valence-electron chi connectivity index (χ2n) is 5.48. The summed E-state index contributed by atoms with van der Waals surface area (Å²) in [6.07, 6.45) is 0. The number of carbonyl (C=O) groups excluding carboxylic acids is 1. The molecular weight excluding hydrogens is 222 g/mol. The second kappa shape index (κ2) is 4.54. The van der Waals surface area contributed by atoms with Crippen LogP contribution in [0.25, 0.3) is 10.8 Å². The lowest BCUT2D eigenvalue weighted by Gasteiger charge is -2.20. The van der Waals surface area contributed by atoms with E-state index in [-0.39, 0.29) is 5.78 Å². The third kappa shape index (κ3) is 2.29. The van der Waals surface area contributed by atoms with Crippen LogP contribution in [-0.4, -0.2) is 12.3 Å². The summed E-state index contributed by atoms with van der Waals surface area (Å²) in [4.78, 5) is 12.3. The van der Waals surface area contributed by atoms with E-state index in [2.05, 4.69) is 25.1 Å². The third-order valence-electron chi connectivity index (χ3n) is 3.38. The molecule has 2 nitrogen and oxygen atoms in total. The van der Waals surface area contributed by atoms with Gasteiger partial charge >= 0.3 is 0 Å². The maximum absolute atomic E-state index is 12.3. The first-order valence-electron chi connectivity index (χ1n) is 6.19. The van der Waals surface area contributed by atoms with Crippen molar-refractivity contribution in [3.05, 3.63) is 47.5 Å². The Morgan fingerprint density at radius 1 is 1.11 bits per heavy atom. The number of fused-ring (bicyclic) bond motifs is 1. The molecule has 0 aliphatic carbocycles. The maximum atomic E-state index is 12.3. The van der Waals surface area contributed by atoms with E-state index in [1.165, 1.54) is 5.56 Å². The van der Waals surface area contributed by atoms with Crippen LogP contribution in [0.15, 0.2) is 36.4 Å². The van der Waals surface area contributed by atoms with Crippen LogP contribution >= 0.6 is 0 Å². The van der Waals surface area contributed by atoms with Crippen LogP contribution in [-0.2, 0) is 0 Å². The van der Waals surface area contributed by atoms with Crippen molar-refractivity contribution in [2.45, 2.75) is 20.8 Å². The van der Waals surface area contributed by atoms with Crippen LogP contribution in [0.3, 0.4) is 0 Å². The summed E-state index contributed by atoms with van der Waals surface area (Å²) < 4.78 is 0. The van der Waals surface area contributed by atoms with Gasteiger partial charge in [0.2, 0.25) is 0 Å². The van der Waals surface area contributed by atoms with Gasteiger partial charge in [0.25, 0.3) is 0 Å². The average Bonchev–Trinajstić information content (AvgIpc) is 2.37. The van der Waals surface area contributed by atoms with Crippen LogP contribution in [0.5, 0.6) is 0 Å². The van der Waals surface area contributed by atoms with Gasteiger partial charge in [-0.25, -0.2) is 0 Å². The van der Waals surface area contributed by atoms with Gasteiger partial charge in [-0.1, -0.05) is 49.7 Å². The Morgan fingerprint density at radius 3 is 2.39 bits per heavy atom. The van der Waals surface area contributed by atoms with E-state index in [1.807, 2.05) is 32.0 Å². The van der Waals surface area contributed by atoms with Crippen molar-refractivity contribution in [2.75, 3.05) is 6.54 Å². The van der Waals surface area contributed by atoms with Gasteiger partial charge in [0.15, 0.2) is 5.78 Å². The Balaban J connectivity index is 2.48. The van der Waals surface area contributed by atoms with E-state index in [4.69, 9.17) is 5.73 Å². The molecule has 2 aromatic rings. The van der Waals surface area contributed by atoms with Crippen LogP contribution in [0.1, 0.15) is 29.8 Å². The zero-order chi connectivity index (χ0) is 13.3. The Hall–Kier alpha value is -1.67. The molecule has 0 fully saturated rings. The largest absolute Gasteiger partial charge is 0.329 e. The number of Topliss-reactive ketones (excluding diaryl/α,β-unsaturated/α-hetero) is 1. The van der Waals surface area contributed by atoms with E-state index < -0.39 is 5.41 Å². The molecule has 0 spiro atoms. The fourth-order valence-electron chi connectivity index (χ4n) is 1.99. The fraction of sp³-hybridized carbons (Fsp3) is 0.312. The number of hydrogen-bond donors (Lipinski definition) is 1. The van der Waals surface area contributed by atoms with E-state index in [1.54, 1.807) is 0 Å². The second-order valence-corrected chi connectivity index (χ2v) is 5.48. The summed E-state index contributed by atoms with van der Waals surface area (Å²) in [6.45, 7) is 6.19. The zero-order valence-electron chi connectivity index (χ0n) is 11.2. The minimum absolute atomic E-state index is 0.104. The average molecular weight is 241 g/mol. The summed E-state index contributed by atoms with van der Waals surface area (Å²) >= 11 is 0. The van der Waals surface area contributed by atoms with Gasteiger partial charge < -0.3 is 5.73 Å². The summed E-state index contributed by atoms with van der Waals surface area (Å²) in [5, 5.41) is 2.26. The first-order valence-corrected chi connectivity index (χ1v) is 6.19. The first-order chi connectivity index (χ1) is 8.44. The molecular formula is C16H19NO. The Bertz CT molecular complexity index is 599. The van der Waals surface area contributed by atoms with E-state index in [0.29, 0.717) is 6.54 Å². The highest BCUT2D eigenvalue weighted by Gasteiger charge is 2.26. The SMILES string of the molecule is Cc1ccc2cc(C(=O)C(C)(C)CN)ccc2c1. The minimum Gasteiger partial charge on any atom is -0.329 e. The number of aryl methyl sites for hydroxylation is 1. The number of benzene rings is 2. The molecule has 2 rings (SSSR count). The lowest BCUT2D eigenvalue weighted by Crippen LogP contribution is -2.32. The number of hydrogen-bond acceptors (Lipinski definition) is 2. The minimum atomic E-state index is -0.502. The molecule has 2 N–H and O–H groups in total. The Morgan fingerprint density at radius 2 is 1.72 bits per heavy atom. The first kappa shape index (κ1) is 12.8. The molecule has 2 aromatic carbocycles. The molecule has 0 unspecified atom stereocenters. The molecule has 0 aliphatic rings. The van der Waals surface area contributed by atoms with Gasteiger partial charge in [-0.2, -0.15) is 0 Å². The van der Waals surface area contributed by atoms with E-state index in [0.717, 1.165) is 16.3 Å². The van der Waals surface area contributed by atoms with Gasteiger partial charge in [-0.3, -0.25) is 4.79 Å². The van der Waals surface area contributed by atoms with Crippen molar-refractivity contribution in [3.63, 3.8) is 0 Å². The summed E-state index contributed by atoms with van der Waals surface area (Å²) in [5.74, 6) is 0.104. The smallest absolute Gasteiger partial charge is 0.169 e. The highest BCUT2D eigenvalue weighted by atomic mass is 16.1. The van der Waals surface area contributed by atoms with Gasteiger partial charge in [0, 0.05) is 17.5 Å². The van der Waals surface area contributed by atoms with E-state index in [9.17, 15) is 4.79 Å². The van der Waals surface area contributed by atoms with Crippen molar-refractivity contribution in [2.24, 2.45) is 11.1 Å². The van der Waals surface area contributed by atoms with Gasteiger partial charge in [0.05, 0.1) is 0 Å². The molecule has 0 saturated carbocycles. The van der Waals surface area contributed by atoms with Crippen molar-refractivity contribution in [1.29, 1.82) is 0 Å². The van der Waals surface area contributed by atoms with Crippen LogP contribution < -0.4 is 5.73 Å². The zero-order valence-corrected chi connectivity index (χ0v) is 11.2. The molecule has 0 amide bonds. The lowest BCUT2D eigenvalue weighted by atomic mass is 9.84. The molecule has 0 heterocycles. The van der Waals surface area contributed by atoms with Crippen molar-refractivity contribution >= 4 is 16.6 Å². The topological polar surface area (TPSA) is 43.1 Å². The summed E-state index contributed by atoms with van der Waals surface area (Å²) in [6, 6.07) is 12.1. The Kier molecular flexibility index (Phi) is 3.22. The molecule has 0 aliphatic heterocycles. The molecule has 0 atom stereocenters. The van der Waals surface area contributed by atoms with Crippen LogP contribution in [0.2, 0.25) is 0 Å². The van der Waals surface area contributed by atoms with E-state index >= 15 is 0 Å². The highest BCUT2D eigenvalue weighted by Crippen LogP contribution is 2.24. The molecule has 94 valence electrons. The fourth-order valence-corrected chi connectivity index (χ4v) is 1.99. The van der Waals surface area contributed by atoms with Crippen molar-refractivity contribution in [1.82, 2.24) is 0 Å². The molecule has 18 heavy (non-hydrogen) atoms. The van der Waals surface area contributed by atoms with Crippen LogP contribution in [0.4, 0.5) is 0 Å². The van der Waals surface area contributed by atoms with Crippen molar-refractivity contribution in [3.8, 4) is 0 Å². The maximum Gasteiger partial charge on any atom is 0.169 e. The molecule has 0 radical (unpaired) electrons. The predicted molar refractivity (Wildman–Crippen MR) is 75.9 cm³/mol. The van der Waals surface area contributed by atoms with Crippen molar-refractivity contribution < 1.29 is 4.79 Å². The van der Waals surface area contributed by atoms with Crippen LogP contribution in [0, 0.1) is 12.3 Å². The molecule has 2 heteroatoms. The quantitative estimate of drug-likeness (QED) is 0.838. The predicted octanol–water partition coefficient (Wildman–Crippen LogP) is 3.32.